The predicted octanol–water partition coefficient (Wildman–Crippen LogP) is 3.51. The van der Waals surface area contributed by atoms with Crippen molar-refractivity contribution in [1.82, 2.24) is 4.98 Å². The molecule has 24 heavy (non-hydrogen) atoms. The largest absolute Gasteiger partial charge is 0.358 e. The summed E-state index contributed by atoms with van der Waals surface area (Å²) in [6.45, 7) is 1.90. The quantitative estimate of drug-likeness (QED) is 0.625. The molecular weight excluding hydrogens is 308 g/mol. The molecule has 1 aliphatic rings. The number of nitrogens with one attached hydrogen (secondary N) is 2. The van der Waals surface area contributed by atoms with E-state index in [1.807, 2.05) is 31.2 Å². The van der Waals surface area contributed by atoms with E-state index in [0.717, 1.165) is 24.1 Å². The second-order valence-corrected chi connectivity index (χ2v) is 5.88. The highest BCUT2D eigenvalue weighted by molar-refractivity contribution is 5.94. The number of carbonyl (C=O) groups is 1. The zero-order chi connectivity index (χ0) is 17.1. The van der Waals surface area contributed by atoms with Crippen LogP contribution in [0.4, 0.5) is 17.2 Å². The summed E-state index contributed by atoms with van der Waals surface area (Å²) in [6.07, 6.45) is 3.44. The van der Waals surface area contributed by atoms with Crippen molar-refractivity contribution in [2.75, 3.05) is 10.6 Å². The Balaban J connectivity index is 1.68. The van der Waals surface area contributed by atoms with E-state index >= 15 is 0 Å². The Kier molecular flexibility index (Phi) is 4.41. The van der Waals surface area contributed by atoms with E-state index in [1.54, 1.807) is 0 Å². The average molecular weight is 326 g/mol. The first-order valence-electron chi connectivity index (χ1n) is 7.81. The Morgan fingerprint density at radius 1 is 1.29 bits per heavy atom. The Bertz CT molecular complexity index is 757. The maximum absolute atomic E-state index is 11.7. The van der Waals surface area contributed by atoms with Gasteiger partial charge in [-0.2, -0.15) is 0 Å². The lowest BCUT2D eigenvalue weighted by Crippen LogP contribution is -2.13. The summed E-state index contributed by atoms with van der Waals surface area (Å²) in [7, 11) is 0. The molecule has 0 radical (unpaired) electrons. The van der Waals surface area contributed by atoms with Crippen molar-refractivity contribution < 1.29 is 9.72 Å². The van der Waals surface area contributed by atoms with E-state index in [4.69, 9.17) is 0 Å². The van der Waals surface area contributed by atoms with Gasteiger partial charge in [0.15, 0.2) is 0 Å². The average Bonchev–Trinajstić information content (AvgIpc) is 3.40. The molecule has 1 heterocycles. The zero-order valence-electron chi connectivity index (χ0n) is 13.2. The van der Waals surface area contributed by atoms with Crippen LogP contribution in [0.3, 0.4) is 0 Å². The molecule has 1 unspecified atom stereocenters. The molecule has 0 spiro atoms. The molecule has 2 N–H and O–H groups in total. The first-order valence-corrected chi connectivity index (χ1v) is 7.81. The maximum Gasteiger partial charge on any atom is 0.311 e. The highest BCUT2D eigenvalue weighted by atomic mass is 16.6. The lowest BCUT2D eigenvalue weighted by atomic mass is 10.1. The third kappa shape index (κ3) is 3.68. The van der Waals surface area contributed by atoms with Crippen LogP contribution in [0.5, 0.6) is 0 Å². The minimum absolute atomic E-state index is 0.0577. The summed E-state index contributed by atoms with van der Waals surface area (Å²) in [4.78, 5) is 26.4. The molecular formula is C17H18N4O3. The molecule has 0 aliphatic heterocycles. The minimum Gasteiger partial charge on any atom is -0.358 e. The van der Waals surface area contributed by atoms with E-state index in [1.165, 1.54) is 18.3 Å². The van der Waals surface area contributed by atoms with Crippen molar-refractivity contribution in [3.05, 3.63) is 58.3 Å². The molecule has 1 aliphatic carbocycles. The van der Waals surface area contributed by atoms with Crippen molar-refractivity contribution in [2.45, 2.75) is 25.8 Å². The predicted molar refractivity (Wildman–Crippen MR) is 90.7 cm³/mol. The van der Waals surface area contributed by atoms with Crippen LogP contribution in [0.2, 0.25) is 0 Å². The zero-order valence-corrected chi connectivity index (χ0v) is 13.2. The Morgan fingerprint density at radius 3 is 2.62 bits per heavy atom. The molecule has 3 rings (SSSR count). The van der Waals surface area contributed by atoms with Crippen molar-refractivity contribution in [3.8, 4) is 0 Å². The summed E-state index contributed by atoms with van der Waals surface area (Å²) >= 11 is 0. The number of nitrogens with zero attached hydrogens (tertiary/aromatic N) is 2. The molecule has 1 atom stereocenters. The number of nitro groups is 1. The SMILES string of the molecule is CC(Nc1ncccc1[N+](=O)[O-])c1ccc(NC(=O)C2CC2)cc1. The third-order valence-corrected chi connectivity index (χ3v) is 3.96. The molecule has 2 aromatic rings. The summed E-state index contributed by atoms with van der Waals surface area (Å²) in [6, 6.07) is 10.2. The molecule has 7 nitrogen and oxygen atoms in total. The number of anilines is 2. The summed E-state index contributed by atoms with van der Waals surface area (Å²) < 4.78 is 0. The number of carbonyl (C=O) groups excluding carboxylic acids is 1. The Labute approximate surface area is 139 Å². The van der Waals surface area contributed by atoms with Gasteiger partial charge in [-0.05, 0) is 43.5 Å². The fraction of sp³-hybridized carbons (Fsp3) is 0.294. The number of hydrogen-bond donors (Lipinski definition) is 2. The number of pyridine rings is 1. The first-order chi connectivity index (χ1) is 11.5. The van der Waals surface area contributed by atoms with E-state index in [2.05, 4.69) is 15.6 Å². The van der Waals surface area contributed by atoms with Crippen molar-refractivity contribution in [1.29, 1.82) is 0 Å². The monoisotopic (exact) mass is 326 g/mol. The van der Waals surface area contributed by atoms with Crippen LogP contribution in [0.1, 0.15) is 31.4 Å². The van der Waals surface area contributed by atoms with Gasteiger partial charge in [0.2, 0.25) is 11.7 Å². The lowest BCUT2D eigenvalue weighted by Gasteiger charge is -2.15. The van der Waals surface area contributed by atoms with Gasteiger partial charge in [0.25, 0.3) is 0 Å². The maximum atomic E-state index is 11.7. The second kappa shape index (κ2) is 6.66. The molecule has 1 aromatic heterocycles. The highest BCUT2D eigenvalue weighted by Gasteiger charge is 2.29. The van der Waals surface area contributed by atoms with E-state index in [9.17, 15) is 14.9 Å². The van der Waals surface area contributed by atoms with Crippen LogP contribution in [0.25, 0.3) is 0 Å². The molecule has 0 saturated heterocycles. The van der Waals surface area contributed by atoms with Crippen LogP contribution >= 0.6 is 0 Å². The second-order valence-electron chi connectivity index (χ2n) is 5.88. The summed E-state index contributed by atoms with van der Waals surface area (Å²) in [5, 5.41) is 17.0. The van der Waals surface area contributed by atoms with Gasteiger partial charge in [0.05, 0.1) is 11.0 Å². The summed E-state index contributed by atoms with van der Waals surface area (Å²) in [5.74, 6) is 0.467. The molecule has 1 fully saturated rings. The van der Waals surface area contributed by atoms with Crippen molar-refractivity contribution in [2.24, 2.45) is 5.92 Å². The molecule has 0 bridgehead atoms. The highest BCUT2D eigenvalue weighted by Crippen LogP contribution is 2.30. The fourth-order valence-corrected chi connectivity index (χ4v) is 2.39. The molecule has 1 amide bonds. The van der Waals surface area contributed by atoms with Crippen LogP contribution in [0, 0.1) is 16.0 Å². The van der Waals surface area contributed by atoms with Crippen LogP contribution in [0.15, 0.2) is 42.6 Å². The van der Waals surface area contributed by atoms with Gasteiger partial charge in [0.1, 0.15) is 0 Å². The number of rotatable bonds is 6. The minimum atomic E-state index is -0.460. The van der Waals surface area contributed by atoms with Gasteiger partial charge in [-0.25, -0.2) is 4.98 Å². The van der Waals surface area contributed by atoms with Gasteiger partial charge >= 0.3 is 5.69 Å². The van der Waals surface area contributed by atoms with Gasteiger partial charge in [-0.3, -0.25) is 14.9 Å². The normalized spacial score (nSPS) is 14.7. The molecule has 1 saturated carbocycles. The van der Waals surface area contributed by atoms with Gasteiger partial charge in [0, 0.05) is 23.9 Å². The molecule has 1 aromatic carbocycles. The van der Waals surface area contributed by atoms with Gasteiger partial charge in [-0.1, -0.05) is 12.1 Å². The smallest absolute Gasteiger partial charge is 0.311 e. The van der Waals surface area contributed by atoms with Crippen LogP contribution in [-0.2, 0) is 4.79 Å². The number of amides is 1. The lowest BCUT2D eigenvalue weighted by molar-refractivity contribution is -0.384. The van der Waals surface area contributed by atoms with Crippen LogP contribution < -0.4 is 10.6 Å². The first kappa shape index (κ1) is 15.9. The van der Waals surface area contributed by atoms with E-state index in [0.29, 0.717) is 0 Å². The van der Waals surface area contributed by atoms with Crippen molar-refractivity contribution >= 4 is 23.1 Å². The molecule has 124 valence electrons. The van der Waals surface area contributed by atoms with E-state index < -0.39 is 4.92 Å². The topological polar surface area (TPSA) is 97.2 Å². The van der Waals surface area contributed by atoms with Gasteiger partial charge < -0.3 is 10.6 Å². The van der Waals surface area contributed by atoms with Gasteiger partial charge in [-0.15, -0.1) is 0 Å². The van der Waals surface area contributed by atoms with Crippen LogP contribution in [-0.4, -0.2) is 15.8 Å². The Morgan fingerprint density at radius 2 is 2.00 bits per heavy atom. The third-order valence-electron chi connectivity index (χ3n) is 3.96. The molecule has 7 heteroatoms. The fourth-order valence-electron chi connectivity index (χ4n) is 2.39. The van der Waals surface area contributed by atoms with E-state index in [-0.39, 0.29) is 29.4 Å². The Hall–Kier alpha value is -2.96. The number of hydrogen-bond acceptors (Lipinski definition) is 5. The van der Waals surface area contributed by atoms with Crippen molar-refractivity contribution in [3.63, 3.8) is 0 Å². The number of benzene rings is 1. The standard InChI is InChI=1S/C17H18N4O3/c1-11(19-16-15(21(23)24)3-2-10-18-16)12-6-8-14(9-7-12)20-17(22)13-4-5-13/h2-3,6-11,13H,4-5H2,1H3,(H,18,19)(H,20,22). The number of aromatic nitrogens is 1. The summed E-state index contributed by atoms with van der Waals surface area (Å²) in [5.41, 5.74) is 1.64.